The SMILES string of the molecule is CC1(CO)CCCN(CC(O)COc2cccc3[nH]ccc23)C1. The molecule has 3 N–H and O–H groups in total. The van der Waals surface area contributed by atoms with Crippen molar-refractivity contribution in [3.05, 3.63) is 30.5 Å². The summed E-state index contributed by atoms with van der Waals surface area (Å²) in [4.78, 5) is 5.38. The van der Waals surface area contributed by atoms with Crippen LogP contribution in [0.2, 0.25) is 0 Å². The van der Waals surface area contributed by atoms with Gasteiger partial charge in [-0.05, 0) is 37.6 Å². The first kappa shape index (κ1) is 16.3. The van der Waals surface area contributed by atoms with Gasteiger partial charge >= 0.3 is 0 Å². The Balaban J connectivity index is 1.53. The lowest BCUT2D eigenvalue weighted by molar-refractivity contribution is 0.0102. The van der Waals surface area contributed by atoms with E-state index in [1.54, 1.807) is 0 Å². The smallest absolute Gasteiger partial charge is 0.128 e. The molecule has 1 aromatic heterocycles. The number of likely N-dealkylation sites (tertiary alicyclic amines) is 1. The summed E-state index contributed by atoms with van der Waals surface area (Å²) in [5, 5.41) is 20.8. The maximum atomic E-state index is 10.3. The number of benzene rings is 1. The summed E-state index contributed by atoms with van der Waals surface area (Å²) >= 11 is 0. The third kappa shape index (κ3) is 3.86. The minimum Gasteiger partial charge on any atom is -0.490 e. The van der Waals surface area contributed by atoms with Gasteiger partial charge in [0, 0.05) is 42.2 Å². The van der Waals surface area contributed by atoms with Crippen molar-refractivity contribution >= 4 is 10.9 Å². The first-order chi connectivity index (χ1) is 11.1. The fraction of sp³-hybridized carbons (Fsp3) is 0.556. The number of H-pyrrole nitrogens is 1. The van der Waals surface area contributed by atoms with Crippen molar-refractivity contribution in [2.24, 2.45) is 5.41 Å². The van der Waals surface area contributed by atoms with Crippen LogP contribution in [0.4, 0.5) is 0 Å². The Morgan fingerprint density at radius 3 is 3.09 bits per heavy atom. The summed E-state index contributed by atoms with van der Waals surface area (Å²) in [5.41, 5.74) is 0.988. The normalized spacial score (nSPS) is 24.0. The van der Waals surface area contributed by atoms with Crippen molar-refractivity contribution in [3.8, 4) is 5.75 Å². The predicted molar refractivity (Wildman–Crippen MR) is 90.7 cm³/mol. The van der Waals surface area contributed by atoms with Gasteiger partial charge in [-0.3, -0.25) is 0 Å². The van der Waals surface area contributed by atoms with Crippen LogP contribution in [-0.4, -0.2) is 59.0 Å². The summed E-state index contributed by atoms with van der Waals surface area (Å²) in [6.45, 7) is 4.96. The highest BCUT2D eigenvalue weighted by Crippen LogP contribution is 2.29. The molecule has 1 fully saturated rings. The van der Waals surface area contributed by atoms with Gasteiger partial charge in [0.25, 0.3) is 0 Å². The van der Waals surface area contributed by atoms with Crippen LogP contribution in [0, 0.1) is 5.41 Å². The van der Waals surface area contributed by atoms with E-state index in [-0.39, 0.29) is 18.6 Å². The zero-order valence-corrected chi connectivity index (χ0v) is 13.7. The quantitative estimate of drug-likeness (QED) is 0.762. The second-order valence-electron chi connectivity index (χ2n) is 6.97. The molecule has 1 aromatic carbocycles. The van der Waals surface area contributed by atoms with E-state index >= 15 is 0 Å². The number of nitrogens with one attached hydrogen (secondary N) is 1. The van der Waals surface area contributed by atoms with Gasteiger partial charge in [0.1, 0.15) is 18.5 Å². The lowest BCUT2D eigenvalue weighted by Crippen LogP contribution is -2.47. The molecule has 0 spiro atoms. The molecule has 0 amide bonds. The molecule has 2 aromatic rings. The van der Waals surface area contributed by atoms with Crippen LogP contribution in [0.3, 0.4) is 0 Å². The number of aliphatic hydroxyl groups excluding tert-OH is 2. The molecular weight excluding hydrogens is 292 g/mol. The molecule has 0 radical (unpaired) electrons. The Bertz CT molecular complexity index is 642. The number of hydrogen-bond donors (Lipinski definition) is 3. The number of rotatable bonds is 6. The molecule has 0 saturated carbocycles. The maximum Gasteiger partial charge on any atom is 0.128 e. The third-order valence-electron chi connectivity index (χ3n) is 4.70. The maximum absolute atomic E-state index is 10.3. The second-order valence-corrected chi connectivity index (χ2v) is 6.97. The Hall–Kier alpha value is -1.56. The topological polar surface area (TPSA) is 68.7 Å². The zero-order valence-electron chi connectivity index (χ0n) is 13.7. The molecule has 5 nitrogen and oxygen atoms in total. The number of piperidine rings is 1. The molecule has 1 saturated heterocycles. The van der Waals surface area contributed by atoms with Crippen LogP contribution in [0.15, 0.2) is 30.5 Å². The number of aromatic amines is 1. The second kappa shape index (κ2) is 6.91. The average molecular weight is 318 g/mol. The number of fused-ring (bicyclic) bond motifs is 1. The van der Waals surface area contributed by atoms with Crippen LogP contribution >= 0.6 is 0 Å². The molecule has 2 unspecified atom stereocenters. The van der Waals surface area contributed by atoms with Gasteiger partial charge in [-0.25, -0.2) is 0 Å². The molecule has 1 aliphatic rings. The minimum absolute atomic E-state index is 0.0461. The molecule has 126 valence electrons. The summed E-state index contributed by atoms with van der Waals surface area (Å²) in [7, 11) is 0. The molecule has 2 heterocycles. The summed E-state index contributed by atoms with van der Waals surface area (Å²) < 4.78 is 5.81. The van der Waals surface area contributed by atoms with Crippen molar-refractivity contribution in [2.45, 2.75) is 25.9 Å². The lowest BCUT2D eigenvalue weighted by atomic mass is 9.83. The van der Waals surface area contributed by atoms with Gasteiger partial charge in [0.15, 0.2) is 0 Å². The number of nitrogens with zero attached hydrogens (tertiary/aromatic N) is 1. The highest BCUT2D eigenvalue weighted by atomic mass is 16.5. The van der Waals surface area contributed by atoms with Crippen molar-refractivity contribution in [2.75, 3.05) is 32.8 Å². The van der Waals surface area contributed by atoms with E-state index in [1.165, 1.54) is 0 Å². The van der Waals surface area contributed by atoms with Gasteiger partial charge < -0.3 is 24.8 Å². The molecule has 3 rings (SSSR count). The molecule has 0 aliphatic carbocycles. The van der Waals surface area contributed by atoms with Gasteiger partial charge in [-0.1, -0.05) is 13.0 Å². The number of aromatic nitrogens is 1. The summed E-state index contributed by atoms with van der Waals surface area (Å²) in [6, 6.07) is 7.85. The van der Waals surface area contributed by atoms with Gasteiger partial charge in [-0.2, -0.15) is 0 Å². The van der Waals surface area contributed by atoms with Crippen molar-refractivity contribution in [3.63, 3.8) is 0 Å². The first-order valence-corrected chi connectivity index (χ1v) is 8.30. The summed E-state index contributed by atoms with van der Waals surface area (Å²) in [5.74, 6) is 0.793. The van der Waals surface area contributed by atoms with Gasteiger partial charge in [0.05, 0.1) is 0 Å². The monoisotopic (exact) mass is 318 g/mol. The van der Waals surface area contributed by atoms with E-state index in [0.717, 1.165) is 42.6 Å². The van der Waals surface area contributed by atoms with Crippen LogP contribution < -0.4 is 4.74 Å². The first-order valence-electron chi connectivity index (χ1n) is 8.30. The number of hydrogen-bond acceptors (Lipinski definition) is 4. The fourth-order valence-corrected chi connectivity index (χ4v) is 3.43. The van der Waals surface area contributed by atoms with E-state index in [1.807, 2.05) is 30.5 Å². The molecule has 23 heavy (non-hydrogen) atoms. The van der Waals surface area contributed by atoms with Crippen molar-refractivity contribution in [1.82, 2.24) is 9.88 Å². The molecule has 1 aliphatic heterocycles. The Morgan fingerprint density at radius 1 is 1.39 bits per heavy atom. The van der Waals surface area contributed by atoms with Gasteiger partial charge in [0.2, 0.25) is 0 Å². The van der Waals surface area contributed by atoms with Crippen molar-refractivity contribution < 1.29 is 14.9 Å². The van der Waals surface area contributed by atoms with E-state index in [4.69, 9.17) is 4.74 Å². The molecular formula is C18H26N2O3. The Morgan fingerprint density at radius 2 is 2.26 bits per heavy atom. The van der Waals surface area contributed by atoms with Crippen LogP contribution in [0.25, 0.3) is 10.9 Å². The van der Waals surface area contributed by atoms with E-state index in [2.05, 4.69) is 16.8 Å². The Kier molecular flexibility index (Phi) is 4.90. The molecule has 2 atom stereocenters. The number of aliphatic hydroxyl groups is 2. The standard InChI is InChI=1S/C18H26N2O3/c1-18(13-21)7-3-9-20(12-18)10-14(22)11-23-17-5-2-4-16-15(17)6-8-19-16/h2,4-6,8,14,19,21-22H,3,7,9-13H2,1H3. The van der Waals surface area contributed by atoms with E-state index < -0.39 is 6.10 Å². The highest BCUT2D eigenvalue weighted by Gasteiger charge is 2.31. The minimum atomic E-state index is -0.537. The van der Waals surface area contributed by atoms with Gasteiger partial charge in [-0.15, -0.1) is 0 Å². The predicted octanol–water partition coefficient (Wildman–Crippen LogP) is 2.00. The van der Waals surface area contributed by atoms with E-state index in [9.17, 15) is 10.2 Å². The lowest BCUT2D eigenvalue weighted by Gasteiger charge is -2.40. The molecule has 0 bridgehead atoms. The van der Waals surface area contributed by atoms with E-state index in [0.29, 0.717) is 6.54 Å². The largest absolute Gasteiger partial charge is 0.490 e. The van der Waals surface area contributed by atoms with Crippen LogP contribution in [-0.2, 0) is 0 Å². The van der Waals surface area contributed by atoms with Crippen LogP contribution in [0.5, 0.6) is 5.75 Å². The zero-order chi connectivity index (χ0) is 16.3. The fourth-order valence-electron chi connectivity index (χ4n) is 3.43. The molecule has 5 heteroatoms. The number of β-amino-alcohol motifs (C(OH)–C–C–N with tert-alkyl or cyclic N) is 1. The van der Waals surface area contributed by atoms with Crippen molar-refractivity contribution in [1.29, 1.82) is 0 Å². The highest BCUT2D eigenvalue weighted by molar-refractivity contribution is 5.85. The Labute approximate surface area is 136 Å². The third-order valence-corrected chi connectivity index (χ3v) is 4.70. The average Bonchev–Trinajstić information content (AvgIpc) is 3.02. The number of ether oxygens (including phenoxy) is 1. The summed E-state index contributed by atoms with van der Waals surface area (Å²) in [6.07, 6.45) is 3.46. The van der Waals surface area contributed by atoms with Crippen LogP contribution in [0.1, 0.15) is 19.8 Å².